The molecule has 0 fully saturated rings. The van der Waals surface area contributed by atoms with Crippen molar-refractivity contribution in [1.29, 1.82) is 0 Å². The summed E-state index contributed by atoms with van der Waals surface area (Å²) >= 11 is -0.826. The first-order valence-electron chi connectivity index (χ1n) is 14.4. The van der Waals surface area contributed by atoms with E-state index in [0.717, 1.165) is 15.9 Å². The normalized spacial score (nSPS) is 10.7. The fourth-order valence-electron chi connectivity index (χ4n) is 5.43. The molecule has 0 aliphatic heterocycles. The van der Waals surface area contributed by atoms with Gasteiger partial charge in [-0.2, -0.15) is 35.9 Å². The molecule has 0 N–H and O–H groups in total. The molecule has 7 rings (SSSR count). The Labute approximate surface area is 273 Å². The molecule has 6 aromatic rings. The van der Waals surface area contributed by atoms with Crippen molar-refractivity contribution in [2.24, 2.45) is 0 Å². The summed E-state index contributed by atoms with van der Waals surface area (Å²) < 4.78 is 0. The molecule has 42 heavy (non-hydrogen) atoms. The Morgan fingerprint density at radius 1 is 0.786 bits per heavy atom. The molecule has 0 saturated heterocycles. The summed E-state index contributed by atoms with van der Waals surface area (Å²) in [6.45, 7) is 6.56. The Kier molecular flexibility index (Phi) is 13.2. The molecule has 0 aromatic heterocycles. The first-order valence-corrected chi connectivity index (χ1v) is 22.8. The van der Waals surface area contributed by atoms with Gasteiger partial charge in [0.1, 0.15) is 0 Å². The minimum Gasteiger partial charge on any atom is -0.179 e. The molecule has 0 spiro atoms. The zero-order valence-corrected chi connectivity index (χ0v) is 29.5. The van der Waals surface area contributed by atoms with Crippen molar-refractivity contribution in [1.82, 2.24) is 0 Å². The summed E-state index contributed by atoms with van der Waals surface area (Å²) in [7, 11) is 11.0. The number of benzene rings is 5. The number of hydrogen-bond acceptors (Lipinski definition) is 0. The molecule has 0 atom stereocenters. The van der Waals surface area contributed by atoms with Crippen LogP contribution in [0.25, 0.3) is 43.8 Å². The number of fused-ring (bicyclic) bond motifs is 5. The van der Waals surface area contributed by atoms with Gasteiger partial charge >= 0.3 is 37.9 Å². The smallest absolute Gasteiger partial charge is 0.0253 e. The number of rotatable bonds is 4. The van der Waals surface area contributed by atoms with Crippen LogP contribution in [-0.4, -0.2) is 9.52 Å². The van der Waals surface area contributed by atoms with Crippen LogP contribution in [0.1, 0.15) is 36.5 Å². The van der Waals surface area contributed by atoms with Crippen molar-refractivity contribution >= 4 is 48.1 Å². The van der Waals surface area contributed by atoms with Gasteiger partial charge in [0, 0.05) is 9.52 Å². The summed E-state index contributed by atoms with van der Waals surface area (Å²) in [5.74, 6) is 0. The van der Waals surface area contributed by atoms with Crippen LogP contribution in [0.2, 0.25) is 13.1 Å². The van der Waals surface area contributed by atoms with E-state index in [9.17, 15) is 0 Å². The van der Waals surface area contributed by atoms with Gasteiger partial charge in [-0.15, -0.1) is 40.1 Å². The molecule has 1 aliphatic carbocycles. The van der Waals surface area contributed by atoms with Gasteiger partial charge in [-0.3, -0.25) is 0 Å². The molecule has 210 valence electrons. The zero-order valence-electron chi connectivity index (χ0n) is 24.6. The quantitative estimate of drug-likeness (QED) is 0.128. The van der Waals surface area contributed by atoms with Crippen molar-refractivity contribution in [2.45, 2.75) is 45.7 Å². The molecule has 0 heterocycles. The predicted octanol–water partition coefficient (Wildman–Crippen LogP) is 11.9. The first-order chi connectivity index (χ1) is 20.6. The molecule has 0 unspecified atom stereocenters. The van der Waals surface area contributed by atoms with E-state index in [2.05, 4.69) is 135 Å². The van der Waals surface area contributed by atoms with Crippen molar-refractivity contribution in [3.63, 3.8) is 0 Å². The van der Waals surface area contributed by atoms with E-state index in [0.29, 0.717) is 0 Å². The summed E-state index contributed by atoms with van der Waals surface area (Å²) in [6.07, 6.45) is 4.75. The van der Waals surface area contributed by atoms with E-state index < -0.39 is 20.8 Å². The fraction of sp³-hybridized carbons (Fsp3) is 0.184. The van der Waals surface area contributed by atoms with E-state index in [4.69, 9.17) is 17.0 Å². The second-order valence-corrected chi connectivity index (χ2v) is 15.0. The summed E-state index contributed by atoms with van der Waals surface area (Å²) in [5, 5.41) is 5.35. The molecule has 2 radical (unpaired) electrons. The third kappa shape index (κ3) is 8.39. The van der Waals surface area contributed by atoms with Gasteiger partial charge in [0.25, 0.3) is 0 Å². The molecule has 0 saturated carbocycles. The summed E-state index contributed by atoms with van der Waals surface area (Å²) in [4.78, 5) is 0. The second-order valence-electron chi connectivity index (χ2n) is 10.3. The van der Waals surface area contributed by atoms with E-state index in [-0.39, 0.29) is 0 Å². The third-order valence-electron chi connectivity index (χ3n) is 7.31. The molecular weight excluding hydrogens is 647 g/mol. The number of aryl methyl sites for hydroxylation is 1. The number of halogens is 2. The van der Waals surface area contributed by atoms with E-state index in [1.54, 1.807) is 0 Å². The largest absolute Gasteiger partial charge is 0.179 e. The van der Waals surface area contributed by atoms with Crippen LogP contribution in [0.4, 0.5) is 0 Å². The Balaban J connectivity index is 0.000000179. The fourth-order valence-corrected chi connectivity index (χ4v) is 5.43. The van der Waals surface area contributed by atoms with Crippen molar-refractivity contribution < 1.29 is 20.8 Å². The first kappa shape index (κ1) is 32.6. The van der Waals surface area contributed by atoms with E-state index in [1.165, 1.54) is 79.8 Å². The Bertz CT molecular complexity index is 1660. The Morgan fingerprint density at radius 3 is 2.26 bits per heavy atom. The van der Waals surface area contributed by atoms with Crippen LogP contribution < -0.4 is 0 Å². The SMILES string of the molecule is CCCCc1cc2c(-c3ccc4ccccc4c3)cccc2[cH-]1.C[Si]C.[Cl][Zr+2][Cl].[c-]1cccc2c1Cc1ccccc1-2. The Hall–Kier alpha value is -2.35. The van der Waals surface area contributed by atoms with Crippen LogP contribution in [0.5, 0.6) is 0 Å². The maximum Gasteiger partial charge on any atom is -0.0253 e. The average Bonchev–Trinajstić information content (AvgIpc) is 3.62. The zero-order chi connectivity index (χ0) is 29.7. The maximum absolute atomic E-state index is 4.93. The number of hydrogen-bond donors (Lipinski definition) is 0. The molecule has 0 nitrogen and oxygen atoms in total. The van der Waals surface area contributed by atoms with Crippen molar-refractivity contribution in [3.05, 3.63) is 138 Å². The van der Waals surface area contributed by atoms with Crippen LogP contribution in [0, 0.1) is 6.07 Å². The van der Waals surface area contributed by atoms with Gasteiger partial charge in [0.05, 0.1) is 0 Å². The van der Waals surface area contributed by atoms with Crippen LogP contribution >= 0.6 is 17.0 Å². The molecule has 6 aromatic carbocycles. The van der Waals surface area contributed by atoms with E-state index in [1.807, 2.05) is 6.07 Å². The van der Waals surface area contributed by atoms with Gasteiger partial charge in [-0.1, -0.05) is 116 Å². The van der Waals surface area contributed by atoms with Gasteiger partial charge in [0.15, 0.2) is 0 Å². The van der Waals surface area contributed by atoms with Crippen molar-refractivity contribution in [3.8, 4) is 22.3 Å². The summed E-state index contributed by atoms with van der Waals surface area (Å²) in [5.41, 5.74) is 9.63. The third-order valence-corrected chi connectivity index (χ3v) is 7.31. The molecular formula is C38H36Cl2SiZr. The average molecular weight is 683 g/mol. The molecule has 0 bridgehead atoms. The monoisotopic (exact) mass is 680 g/mol. The van der Waals surface area contributed by atoms with Gasteiger partial charge in [-0.05, 0) is 35.2 Å². The van der Waals surface area contributed by atoms with E-state index >= 15 is 0 Å². The Morgan fingerprint density at radius 2 is 1.48 bits per heavy atom. The minimum absolute atomic E-state index is 0.826. The maximum atomic E-state index is 4.93. The molecule has 1 aliphatic rings. The second kappa shape index (κ2) is 17.1. The van der Waals surface area contributed by atoms with Gasteiger partial charge in [0.2, 0.25) is 0 Å². The standard InChI is InChI=1S/C23H21.C13H9.C2H6Si.2ClH.Zr/c1-2-3-7-17-14-20-10-6-11-22(23(20)15-17)21-13-12-18-8-4-5-9-19(18)16-21;1-3-7-12-10(5-1)9-11-6-2-4-8-13(11)12;1-3-2;;;/h4-6,8-16H,2-3,7H2,1H3;1-5,7-8H,9H2;1-2H3;2*1H;/q2*-1;;;;+4/p-2. The summed E-state index contributed by atoms with van der Waals surface area (Å²) in [6, 6.07) is 44.9. The van der Waals surface area contributed by atoms with Crippen molar-refractivity contribution in [2.75, 3.05) is 0 Å². The van der Waals surface area contributed by atoms with Gasteiger partial charge < -0.3 is 0 Å². The molecule has 4 heteroatoms. The predicted molar refractivity (Wildman–Crippen MR) is 184 cm³/mol. The van der Waals surface area contributed by atoms with Crippen LogP contribution in [0.15, 0.2) is 115 Å². The van der Waals surface area contributed by atoms with Gasteiger partial charge in [-0.25, -0.2) is 0 Å². The number of unbranched alkanes of at least 4 members (excludes halogenated alkanes) is 1. The van der Waals surface area contributed by atoms with Crippen LogP contribution in [-0.2, 0) is 33.7 Å². The van der Waals surface area contributed by atoms with Crippen LogP contribution in [0.3, 0.4) is 0 Å². The topological polar surface area (TPSA) is 0 Å². The molecule has 0 amide bonds. The minimum atomic E-state index is -0.826.